The van der Waals surface area contributed by atoms with Gasteiger partial charge in [-0.25, -0.2) is 4.79 Å². The van der Waals surface area contributed by atoms with Crippen molar-refractivity contribution in [3.05, 3.63) is 50.8 Å². The van der Waals surface area contributed by atoms with E-state index in [1.807, 2.05) is 13.8 Å². The molecular weight excluding hydrogens is 368 g/mol. The monoisotopic (exact) mass is 386 g/mol. The van der Waals surface area contributed by atoms with Crippen molar-refractivity contribution in [1.29, 1.82) is 0 Å². The number of esters is 1. The van der Waals surface area contributed by atoms with Crippen LogP contribution in [0.1, 0.15) is 51.0 Å². The Kier molecular flexibility index (Phi) is 4.29. The third kappa shape index (κ3) is 3.08. The number of fused-ring (bicyclic) bond motifs is 1. The minimum atomic E-state index is -0.964. The van der Waals surface area contributed by atoms with Gasteiger partial charge in [-0.3, -0.25) is 14.9 Å². The Bertz CT molecular complexity index is 1000. The highest BCUT2D eigenvalue weighted by molar-refractivity contribution is 6.01. The van der Waals surface area contributed by atoms with Gasteiger partial charge < -0.3 is 18.8 Å². The third-order valence-electron chi connectivity index (χ3n) is 4.94. The highest BCUT2D eigenvalue weighted by atomic mass is 16.7. The van der Waals surface area contributed by atoms with Crippen LogP contribution in [0.15, 0.2) is 18.2 Å². The molecule has 0 unspecified atom stereocenters. The normalized spacial score (nSPS) is 14.8. The Morgan fingerprint density at radius 1 is 1.18 bits per heavy atom. The summed E-state index contributed by atoms with van der Waals surface area (Å²) in [5.74, 6) is -0.908. The molecule has 0 radical (unpaired) electrons. The summed E-state index contributed by atoms with van der Waals surface area (Å²) in [4.78, 5) is 35.5. The molecule has 1 fully saturated rings. The molecule has 0 atom stereocenters. The second-order valence-corrected chi connectivity index (χ2v) is 6.87. The van der Waals surface area contributed by atoms with Crippen LogP contribution < -0.4 is 9.47 Å². The minimum absolute atomic E-state index is 0.0832. The van der Waals surface area contributed by atoms with E-state index in [0.717, 1.165) is 30.3 Å². The van der Waals surface area contributed by atoms with Gasteiger partial charge in [-0.05, 0) is 32.8 Å². The zero-order valence-electron chi connectivity index (χ0n) is 15.4. The van der Waals surface area contributed by atoms with Gasteiger partial charge in [0, 0.05) is 29.1 Å². The highest BCUT2D eigenvalue weighted by Crippen LogP contribution is 2.39. The molecule has 4 rings (SSSR count). The predicted molar refractivity (Wildman–Crippen MR) is 96.0 cm³/mol. The van der Waals surface area contributed by atoms with Crippen LogP contribution in [0.25, 0.3) is 0 Å². The van der Waals surface area contributed by atoms with Crippen LogP contribution in [0.3, 0.4) is 0 Å². The number of rotatable bonds is 6. The number of nitrogens with zero attached hydrogens (tertiary/aromatic N) is 2. The van der Waals surface area contributed by atoms with Crippen LogP contribution in [-0.2, 0) is 4.74 Å². The zero-order chi connectivity index (χ0) is 20.0. The fourth-order valence-corrected chi connectivity index (χ4v) is 3.49. The zero-order valence-corrected chi connectivity index (χ0v) is 15.4. The lowest BCUT2D eigenvalue weighted by atomic mass is 10.1. The standard InChI is InChI=1S/C19H18N2O7/c1-10-5-13(11(2)20(10)12-3-4-12)16(22)8-26-19(23)14-6-17-18(28-9-27-17)7-15(14)21(24)25/h5-7,12H,3-4,8-9H2,1-2H3. The number of aromatic nitrogens is 1. The number of nitro benzene ring substituents is 1. The highest BCUT2D eigenvalue weighted by Gasteiger charge is 2.30. The molecular formula is C19H18N2O7. The topological polar surface area (TPSA) is 110 Å². The summed E-state index contributed by atoms with van der Waals surface area (Å²) in [7, 11) is 0. The van der Waals surface area contributed by atoms with Crippen molar-refractivity contribution in [3.63, 3.8) is 0 Å². The number of nitro groups is 1. The van der Waals surface area contributed by atoms with Gasteiger partial charge in [0.25, 0.3) is 5.69 Å². The lowest BCUT2D eigenvalue weighted by Crippen LogP contribution is -2.16. The molecule has 0 N–H and O–H groups in total. The number of ether oxygens (including phenoxy) is 3. The van der Waals surface area contributed by atoms with Crippen molar-refractivity contribution < 1.29 is 28.7 Å². The number of carbonyl (C=O) groups is 2. The Hall–Kier alpha value is -3.36. The number of benzene rings is 1. The van der Waals surface area contributed by atoms with Gasteiger partial charge in [0.05, 0.1) is 11.0 Å². The molecule has 9 nitrogen and oxygen atoms in total. The molecule has 0 bridgehead atoms. The van der Waals surface area contributed by atoms with E-state index >= 15 is 0 Å². The second kappa shape index (κ2) is 6.66. The lowest BCUT2D eigenvalue weighted by molar-refractivity contribution is -0.385. The molecule has 1 aromatic heterocycles. The first-order chi connectivity index (χ1) is 13.4. The van der Waals surface area contributed by atoms with Gasteiger partial charge in [0.2, 0.25) is 12.6 Å². The molecule has 9 heteroatoms. The number of hydrogen-bond donors (Lipinski definition) is 0. The van der Waals surface area contributed by atoms with Gasteiger partial charge in [-0.1, -0.05) is 0 Å². The largest absolute Gasteiger partial charge is 0.454 e. The van der Waals surface area contributed by atoms with Crippen LogP contribution in [0.2, 0.25) is 0 Å². The van der Waals surface area contributed by atoms with Crippen molar-refractivity contribution in [3.8, 4) is 11.5 Å². The van der Waals surface area contributed by atoms with E-state index in [2.05, 4.69) is 4.57 Å². The van der Waals surface area contributed by atoms with Gasteiger partial charge in [0.15, 0.2) is 18.1 Å². The van der Waals surface area contributed by atoms with E-state index in [0.29, 0.717) is 11.6 Å². The average molecular weight is 386 g/mol. The van der Waals surface area contributed by atoms with E-state index in [4.69, 9.17) is 14.2 Å². The molecule has 1 saturated carbocycles. The first-order valence-electron chi connectivity index (χ1n) is 8.83. The van der Waals surface area contributed by atoms with E-state index in [-0.39, 0.29) is 29.6 Å². The fourth-order valence-electron chi connectivity index (χ4n) is 3.49. The molecule has 2 heterocycles. The van der Waals surface area contributed by atoms with E-state index in [9.17, 15) is 19.7 Å². The second-order valence-electron chi connectivity index (χ2n) is 6.87. The Balaban J connectivity index is 1.51. The number of ketones is 1. The van der Waals surface area contributed by atoms with Gasteiger partial charge in [-0.15, -0.1) is 0 Å². The van der Waals surface area contributed by atoms with Gasteiger partial charge in [-0.2, -0.15) is 0 Å². The molecule has 1 aromatic carbocycles. The van der Waals surface area contributed by atoms with Crippen molar-refractivity contribution >= 4 is 17.4 Å². The fraction of sp³-hybridized carbons (Fsp3) is 0.368. The summed E-state index contributed by atoms with van der Waals surface area (Å²) < 4.78 is 17.5. The van der Waals surface area contributed by atoms with Gasteiger partial charge >= 0.3 is 5.97 Å². The molecule has 28 heavy (non-hydrogen) atoms. The number of aryl methyl sites for hydroxylation is 1. The quantitative estimate of drug-likeness (QED) is 0.325. The number of carbonyl (C=O) groups excluding carboxylic acids is 2. The van der Waals surface area contributed by atoms with Crippen LogP contribution in [0, 0.1) is 24.0 Å². The Morgan fingerprint density at radius 3 is 2.50 bits per heavy atom. The van der Waals surface area contributed by atoms with Crippen LogP contribution in [0.5, 0.6) is 11.5 Å². The summed E-state index contributed by atoms with van der Waals surface area (Å²) >= 11 is 0. The summed E-state index contributed by atoms with van der Waals surface area (Å²) in [5.41, 5.74) is 1.58. The van der Waals surface area contributed by atoms with Gasteiger partial charge in [0.1, 0.15) is 5.56 Å². The molecule has 146 valence electrons. The molecule has 0 amide bonds. The SMILES string of the molecule is Cc1cc(C(=O)COC(=O)c2cc3c(cc2[N+](=O)[O-])OCO3)c(C)n1C1CC1. The van der Waals surface area contributed by atoms with Crippen molar-refractivity contribution in [1.82, 2.24) is 4.57 Å². The average Bonchev–Trinajstić information content (AvgIpc) is 3.29. The summed E-state index contributed by atoms with van der Waals surface area (Å²) in [6.45, 7) is 3.21. The summed E-state index contributed by atoms with van der Waals surface area (Å²) in [6, 6.07) is 4.53. The van der Waals surface area contributed by atoms with E-state index in [1.54, 1.807) is 6.07 Å². The van der Waals surface area contributed by atoms with E-state index < -0.39 is 23.2 Å². The molecule has 1 aliphatic carbocycles. The third-order valence-corrected chi connectivity index (χ3v) is 4.94. The molecule has 2 aliphatic rings. The van der Waals surface area contributed by atoms with Crippen molar-refractivity contribution in [2.24, 2.45) is 0 Å². The summed E-state index contributed by atoms with van der Waals surface area (Å²) in [6.07, 6.45) is 2.18. The number of hydrogen-bond acceptors (Lipinski definition) is 7. The Morgan fingerprint density at radius 2 is 1.86 bits per heavy atom. The summed E-state index contributed by atoms with van der Waals surface area (Å²) in [5, 5.41) is 11.3. The maximum Gasteiger partial charge on any atom is 0.345 e. The molecule has 0 spiro atoms. The predicted octanol–water partition coefficient (Wildman–Crippen LogP) is 3.12. The van der Waals surface area contributed by atoms with Crippen LogP contribution in [-0.4, -0.2) is 34.6 Å². The first-order valence-corrected chi connectivity index (χ1v) is 8.83. The Labute approximate surface area is 159 Å². The lowest BCUT2D eigenvalue weighted by Gasteiger charge is -2.08. The molecule has 1 aliphatic heterocycles. The van der Waals surface area contributed by atoms with Crippen molar-refractivity contribution in [2.45, 2.75) is 32.7 Å². The maximum atomic E-state index is 12.5. The first kappa shape index (κ1) is 18.0. The van der Waals surface area contributed by atoms with Crippen molar-refractivity contribution in [2.75, 3.05) is 13.4 Å². The minimum Gasteiger partial charge on any atom is -0.454 e. The van der Waals surface area contributed by atoms with Crippen LogP contribution >= 0.6 is 0 Å². The van der Waals surface area contributed by atoms with Crippen LogP contribution in [0.4, 0.5) is 5.69 Å². The number of Topliss-reactive ketones (excluding diaryl/α,β-unsaturated/α-hetero) is 1. The maximum absolute atomic E-state index is 12.5. The van der Waals surface area contributed by atoms with E-state index in [1.165, 1.54) is 6.07 Å². The molecule has 2 aromatic rings. The molecule has 0 saturated heterocycles. The smallest absolute Gasteiger partial charge is 0.345 e.